The van der Waals surface area contributed by atoms with Gasteiger partial charge in [0, 0.05) is 17.8 Å². The van der Waals surface area contributed by atoms with Gasteiger partial charge in [-0.25, -0.2) is 9.59 Å². The van der Waals surface area contributed by atoms with E-state index in [2.05, 4.69) is 20.1 Å². The number of aromatic amines is 1. The van der Waals surface area contributed by atoms with Gasteiger partial charge in [0.25, 0.3) is 5.91 Å². The number of amides is 1. The fourth-order valence-electron chi connectivity index (χ4n) is 4.75. The van der Waals surface area contributed by atoms with Crippen LogP contribution < -0.4 is 36.7 Å². The van der Waals surface area contributed by atoms with Crippen LogP contribution in [0, 0.1) is 5.41 Å². The second-order valence-corrected chi connectivity index (χ2v) is 10.8. The van der Waals surface area contributed by atoms with Crippen molar-refractivity contribution in [2.45, 2.75) is 25.2 Å². The summed E-state index contributed by atoms with van der Waals surface area (Å²) in [7, 11) is 5.27. The summed E-state index contributed by atoms with van der Waals surface area (Å²) in [6, 6.07) is 13.7. The van der Waals surface area contributed by atoms with Crippen molar-refractivity contribution >= 4 is 23.4 Å². The maximum atomic E-state index is 13.4. The van der Waals surface area contributed by atoms with Crippen LogP contribution in [0.1, 0.15) is 40.3 Å². The van der Waals surface area contributed by atoms with Crippen molar-refractivity contribution < 1.29 is 37.0 Å². The first-order valence-electron chi connectivity index (χ1n) is 14.2. The standard InChI is InChI=1S/C31H33F3N8O6/c1-16(15-41(2)3)47-21-13-10-18(14-23(21)46-4)24(38-19-11-8-17(9-12-19)26(35)36)28-39-30(45)42(40-28)25-20(27(37)43)6-5-7-22(25)48-29(44)31(32,33)34/h5-14,16,24,38H,15H2,1-4H3,(H3,35,36)(H2,37,43)(H,39,40,45). The quantitative estimate of drug-likeness (QED) is 0.0609. The summed E-state index contributed by atoms with van der Waals surface area (Å²) in [4.78, 5) is 41.9. The Morgan fingerprint density at radius 1 is 1.06 bits per heavy atom. The highest BCUT2D eigenvalue weighted by Gasteiger charge is 2.42. The van der Waals surface area contributed by atoms with Crippen LogP contribution in [0.15, 0.2) is 65.5 Å². The van der Waals surface area contributed by atoms with Gasteiger partial charge in [0.2, 0.25) is 0 Å². The van der Waals surface area contributed by atoms with Gasteiger partial charge in [0.15, 0.2) is 23.1 Å². The average Bonchev–Trinajstić information content (AvgIpc) is 3.39. The normalized spacial score (nSPS) is 12.7. The van der Waals surface area contributed by atoms with E-state index in [4.69, 9.17) is 26.4 Å². The smallest absolute Gasteiger partial charge is 0.491 e. The minimum atomic E-state index is -5.38. The number of carbonyl (C=O) groups excluding carboxylic acids is 2. The number of nitrogens with one attached hydrogen (secondary N) is 3. The number of hydrogen-bond acceptors (Lipinski definition) is 10. The van der Waals surface area contributed by atoms with Crippen LogP contribution >= 0.6 is 0 Å². The number of rotatable bonds is 13. The Balaban J connectivity index is 1.85. The predicted molar refractivity (Wildman–Crippen MR) is 169 cm³/mol. The zero-order valence-electron chi connectivity index (χ0n) is 26.2. The molecular weight excluding hydrogens is 637 g/mol. The molecule has 1 aromatic heterocycles. The molecule has 2 unspecified atom stereocenters. The van der Waals surface area contributed by atoms with Gasteiger partial charge in [-0.05, 0) is 75.1 Å². The number of esters is 1. The number of nitrogens with two attached hydrogens (primary N) is 2. The minimum Gasteiger partial charge on any atom is -0.493 e. The Bertz CT molecular complexity index is 1870. The Labute approximate surface area is 271 Å². The molecule has 0 spiro atoms. The summed E-state index contributed by atoms with van der Waals surface area (Å²) in [6.07, 6.45) is -5.58. The fourth-order valence-corrected chi connectivity index (χ4v) is 4.75. The number of benzene rings is 3. The minimum absolute atomic E-state index is 0.0697. The highest BCUT2D eigenvalue weighted by molar-refractivity contribution is 5.98. The number of methoxy groups -OCH3 is 1. The lowest BCUT2D eigenvalue weighted by Crippen LogP contribution is -2.29. The van der Waals surface area contributed by atoms with Crippen LogP contribution in [0.2, 0.25) is 0 Å². The van der Waals surface area contributed by atoms with Gasteiger partial charge in [0.1, 0.15) is 23.7 Å². The van der Waals surface area contributed by atoms with Crippen LogP contribution in [0.3, 0.4) is 0 Å². The van der Waals surface area contributed by atoms with E-state index < -0.39 is 46.8 Å². The highest BCUT2D eigenvalue weighted by Crippen LogP contribution is 2.35. The largest absolute Gasteiger partial charge is 0.493 e. The van der Waals surface area contributed by atoms with Crippen molar-refractivity contribution in [3.63, 3.8) is 0 Å². The van der Waals surface area contributed by atoms with Crippen LogP contribution in [-0.2, 0) is 4.79 Å². The second kappa shape index (κ2) is 14.3. The molecule has 0 aliphatic rings. The molecule has 14 nitrogen and oxygen atoms in total. The molecule has 0 fully saturated rings. The number of aromatic nitrogens is 3. The molecule has 0 radical (unpaired) electrons. The third-order valence-electron chi connectivity index (χ3n) is 6.80. The summed E-state index contributed by atoms with van der Waals surface area (Å²) in [5.41, 5.74) is 10.5. The van der Waals surface area contributed by atoms with E-state index in [-0.39, 0.29) is 17.8 Å². The lowest BCUT2D eigenvalue weighted by Gasteiger charge is -2.22. The van der Waals surface area contributed by atoms with Gasteiger partial charge in [-0.2, -0.15) is 17.9 Å². The lowest BCUT2D eigenvalue weighted by molar-refractivity contribution is -0.189. The Morgan fingerprint density at radius 3 is 2.33 bits per heavy atom. The maximum Gasteiger partial charge on any atom is 0.491 e. The molecule has 17 heteroatoms. The molecule has 4 aromatic rings. The first-order valence-corrected chi connectivity index (χ1v) is 14.2. The van der Waals surface area contributed by atoms with E-state index >= 15 is 0 Å². The molecule has 254 valence electrons. The Kier molecular flexibility index (Phi) is 10.4. The molecule has 0 saturated carbocycles. The zero-order valence-corrected chi connectivity index (χ0v) is 26.2. The third kappa shape index (κ3) is 8.11. The molecule has 0 aliphatic heterocycles. The summed E-state index contributed by atoms with van der Waals surface area (Å²) in [6.45, 7) is 2.51. The number of carbonyl (C=O) groups is 2. The zero-order chi connectivity index (χ0) is 35.3. The van der Waals surface area contributed by atoms with Gasteiger partial charge in [-0.15, -0.1) is 5.10 Å². The van der Waals surface area contributed by atoms with E-state index in [1.807, 2.05) is 25.9 Å². The van der Waals surface area contributed by atoms with Crippen molar-refractivity contribution in [3.8, 4) is 22.9 Å². The monoisotopic (exact) mass is 670 g/mol. The summed E-state index contributed by atoms with van der Waals surface area (Å²) in [5, 5.41) is 15.2. The first kappa shape index (κ1) is 35.0. The molecule has 3 aromatic carbocycles. The fraction of sp³-hybridized carbons (Fsp3) is 0.258. The predicted octanol–water partition coefficient (Wildman–Crippen LogP) is 2.95. The van der Waals surface area contributed by atoms with Crippen molar-refractivity contribution in [1.29, 1.82) is 5.41 Å². The van der Waals surface area contributed by atoms with Gasteiger partial charge in [-0.1, -0.05) is 12.1 Å². The van der Waals surface area contributed by atoms with E-state index in [1.165, 1.54) is 7.11 Å². The van der Waals surface area contributed by atoms with E-state index in [1.54, 1.807) is 42.5 Å². The van der Waals surface area contributed by atoms with Gasteiger partial charge < -0.3 is 35.9 Å². The molecule has 1 amide bonds. The number of nitrogen functional groups attached to an aromatic ring is 1. The van der Waals surface area contributed by atoms with Crippen molar-refractivity contribution in [3.05, 3.63) is 93.7 Å². The van der Waals surface area contributed by atoms with E-state index in [9.17, 15) is 27.6 Å². The van der Waals surface area contributed by atoms with Crippen LogP contribution in [0.4, 0.5) is 18.9 Å². The SMILES string of the molecule is COc1cc(C(Nc2ccc(C(=N)N)cc2)c2nn(-c3c(OC(=O)C(F)(F)F)cccc3C(N)=O)c(=O)[nH]2)ccc1OC(C)CN(C)C. The second-order valence-electron chi connectivity index (χ2n) is 10.8. The van der Waals surface area contributed by atoms with Crippen LogP contribution in [-0.4, -0.2) is 77.4 Å². The summed E-state index contributed by atoms with van der Waals surface area (Å²) in [5.74, 6) is -3.94. The number of ether oxygens (including phenoxy) is 3. The number of likely N-dealkylation sites (N-methyl/N-ethyl adjacent to an activating group) is 1. The number of alkyl halides is 3. The number of hydrogen-bond donors (Lipinski definition) is 5. The molecule has 2 atom stereocenters. The first-order chi connectivity index (χ1) is 22.6. The maximum absolute atomic E-state index is 13.4. The number of amidine groups is 1. The number of halogens is 3. The molecule has 0 bridgehead atoms. The summed E-state index contributed by atoms with van der Waals surface area (Å²) >= 11 is 0. The van der Waals surface area contributed by atoms with Crippen LogP contribution in [0.5, 0.6) is 17.2 Å². The molecule has 0 saturated heterocycles. The number of H-pyrrole nitrogens is 1. The molecule has 0 aliphatic carbocycles. The van der Waals surface area contributed by atoms with Gasteiger partial charge in [-0.3, -0.25) is 15.2 Å². The molecule has 7 N–H and O–H groups in total. The molecule has 4 rings (SSSR count). The van der Waals surface area contributed by atoms with Crippen LogP contribution in [0.25, 0.3) is 5.69 Å². The Hall–Kier alpha value is -5.84. The van der Waals surface area contributed by atoms with E-state index in [0.717, 1.165) is 18.2 Å². The van der Waals surface area contributed by atoms with E-state index in [0.29, 0.717) is 39.5 Å². The number of nitrogens with zero attached hydrogens (tertiary/aromatic N) is 3. The van der Waals surface area contributed by atoms with Crippen molar-refractivity contribution in [2.24, 2.45) is 11.5 Å². The number of para-hydroxylation sites is 1. The number of anilines is 1. The van der Waals surface area contributed by atoms with Gasteiger partial charge >= 0.3 is 17.8 Å². The average molecular weight is 671 g/mol. The van der Waals surface area contributed by atoms with Crippen molar-refractivity contribution in [1.82, 2.24) is 19.7 Å². The van der Waals surface area contributed by atoms with Gasteiger partial charge in [0.05, 0.1) is 12.7 Å². The Morgan fingerprint density at radius 2 is 1.75 bits per heavy atom. The van der Waals surface area contributed by atoms with Crippen molar-refractivity contribution in [2.75, 3.05) is 33.1 Å². The highest BCUT2D eigenvalue weighted by atomic mass is 19.4. The number of primary amides is 1. The third-order valence-corrected chi connectivity index (χ3v) is 6.80. The summed E-state index contributed by atoms with van der Waals surface area (Å²) < 4.78 is 56.0. The topological polar surface area (TPSA) is 204 Å². The molecule has 48 heavy (non-hydrogen) atoms. The lowest BCUT2D eigenvalue weighted by atomic mass is 10.0. The molecular formula is C31H33F3N8O6. The molecule has 1 heterocycles.